The summed E-state index contributed by atoms with van der Waals surface area (Å²) >= 11 is 0. The van der Waals surface area contributed by atoms with E-state index in [-0.39, 0.29) is 0 Å². The number of fused-ring (bicyclic) bond motifs is 3. The third kappa shape index (κ3) is 0.793. The molecule has 0 aromatic rings. The molecule has 0 spiro atoms. The summed E-state index contributed by atoms with van der Waals surface area (Å²) in [6, 6.07) is 0.826. The van der Waals surface area contributed by atoms with E-state index < -0.39 is 0 Å². The molecule has 1 saturated heterocycles. The van der Waals surface area contributed by atoms with Gasteiger partial charge in [0.15, 0.2) is 5.96 Å². The Labute approximate surface area is 72.8 Å². The smallest absolute Gasteiger partial charge is 0.194 e. The van der Waals surface area contributed by atoms with E-state index in [9.17, 15) is 0 Å². The first-order valence-electron chi connectivity index (χ1n) is 5.00. The van der Waals surface area contributed by atoms with Gasteiger partial charge in [-0.1, -0.05) is 6.42 Å². The molecule has 1 aliphatic carbocycles. The Kier molecular flexibility index (Phi) is 1.34. The van der Waals surface area contributed by atoms with E-state index in [4.69, 9.17) is 0 Å². The first-order valence-corrected chi connectivity index (χ1v) is 5.00. The number of rotatable bonds is 0. The minimum Gasteiger partial charge on any atom is -0.354 e. The lowest BCUT2D eigenvalue weighted by molar-refractivity contribution is 0.260. The second kappa shape index (κ2) is 2.38. The van der Waals surface area contributed by atoms with E-state index >= 15 is 0 Å². The molecule has 3 rings (SSSR count). The molecule has 1 N–H and O–H groups in total. The average molecular weight is 165 g/mol. The van der Waals surface area contributed by atoms with Crippen LogP contribution < -0.4 is 5.32 Å². The normalized spacial score (nSPS) is 38.7. The van der Waals surface area contributed by atoms with Crippen LogP contribution in [0.1, 0.15) is 19.3 Å². The van der Waals surface area contributed by atoms with Crippen molar-refractivity contribution in [2.75, 3.05) is 19.6 Å². The fourth-order valence-electron chi connectivity index (χ4n) is 2.81. The zero-order valence-corrected chi connectivity index (χ0v) is 7.29. The van der Waals surface area contributed by atoms with Crippen molar-refractivity contribution in [3.63, 3.8) is 0 Å². The van der Waals surface area contributed by atoms with Crippen molar-refractivity contribution in [2.24, 2.45) is 10.9 Å². The lowest BCUT2D eigenvalue weighted by atomic mass is 10.0. The molecule has 66 valence electrons. The highest BCUT2D eigenvalue weighted by Gasteiger charge is 2.38. The number of hydrogen-bond acceptors (Lipinski definition) is 3. The van der Waals surface area contributed by atoms with Gasteiger partial charge in [-0.15, -0.1) is 0 Å². The van der Waals surface area contributed by atoms with Crippen LogP contribution in [-0.4, -0.2) is 36.5 Å². The van der Waals surface area contributed by atoms with E-state index in [0.717, 1.165) is 25.0 Å². The van der Waals surface area contributed by atoms with Gasteiger partial charge in [0.25, 0.3) is 0 Å². The second-order valence-corrected chi connectivity index (χ2v) is 4.04. The standard InChI is InChI=1S/C9H15N3/c1-2-7-6-11-9-10-4-5-12(9)8(7)3-1/h7-8H,1-6H2,(H,10,11). The third-order valence-corrected chi connectivity index (χ3v) is 3.40. The molecule has 0 amide bonds. The Hall–Kier alpha value is -0.730. The summed E-state index contributed by atoms with van der Waals surface area (Å²) in [5.41, 5.74) is 0. The van der Waals surface area contributed by atoms with E-state index in [2.05, 4.69) is 15.2 Å². The largest absolute Gasteiger partial charge is 0.354 e. The fourth-order valence-corrected chi connectivity index (χ4v) is 2.81. The molecule has 0 radical (unpaired) electrons. The van der Waals surface area contributed by atoms with Crippen LogP contribution in [0.3, 0.4) is 0 Å². The Balaban J connectivity index is 1.90. The van der Waals surface area contributed by atoms with Crippen LogP contribution in [-0.2, 0) is 0 Å². The summed E-state index contributed by atoms with van der Waals surface area (Å²) < 4.78 is 0. The lowest BCUT2D eigenvalue weighted by Gasteiger charge is -2.33. The SMILES string of the molecule is C1CC2CN=C3NCCN3C2C1. The first-order chi connectivity index (χ1) is 5.95. The summed E-state index contributed by atoms with van der Waals surface area (Å²) in [4.78, 5) is 7.05. The zero-order chi connectivity index (χ0) is 7.97. The highest BCUT2D eigenvalue weighted by Crippen LogP contribution is 2.33. The molecule has 0 aromatic heterocycles. The predicted octanol–water partition coefficient (Wildman–Crippen LogP) is 0.430. The molecule has 12 heavy (non-hydrogen) atoms. The molecule has 2 heterocycles. The number of guanidine groups is 1. The maximum atomic E-state index is 4.57. The summed E-state index contributed by atoms with van der Waals surface area (Å²) in [6.07, 6.45) is 4.21. The van der Waals surface area contributed by atoms with Gasteiger partial charge < -0.3 is 10.2 Å². The van der Waals surface area contributed by atoms with Gasteiger partial charge in [-0.3, -0.25) is 4.99 Å². The Morgan fingerprint density at radius 1 is 1.42 bits per heavy atom. The minimum absolute atomic E-state index is 0.826. The van der Waals surface area contributed by atoms with Gasteiger partial charge in [0.1, 0.15) is 0 Å². The molecule has 3 aliphatic rings. The van der Waals surface area contributed by atoms with Crippen molar-refractivity contribution < 1.29 is 0 Å². The summed E-state index contributed by atoms with van der Waals surface area (Å²) in [7, 11) is 0. The highest BCUT2D eigenvalue weighted by molar-refractivity contribution is 5.82. The van der Waals surface area contributed by atoms with Crippen molar-refractivity contribution in [1.29, 1.82) is 0 Å². The van der Waals surface area contributed by atoms with E-state index in [0.29, 0.717) is 0 Å². The van der Waals surface area contributed by atoms with Crippen LogP contribution in [0.5, 0.6) is 0 Å². The lowest BCUT2D eigenvalue weighted by Crippen LogP contribution is -2.45. The molecular formula is C9H15N3. The van der Waals surface area contributed by atoms with Gasteiger partial charge in [-0.2, -0.15) is 0 Å². The highest BCUT2D eigenvalue weighted by atomic mass is 15.4. The van der Waals surface area contributed by atoms with Crippen LogP contribution in [0, 0.1) is 5.92 Å². The molecular weight excluding hydrogens is 150 g/mol. The van der Waals surface area contributed by atoms with Crippen molar-refractivity contribution >= 4 is 5.96 Å². The van der Waals surface area contributed by atoms with Crippen LogP contribution in [0.4, 0.5) is 0 Å². The zero-order valence-electron chi connectivity index (χ0n) is 7.29. The van der Waals surface area contributed by atoms with Gasteiger partial charge in [-0.25, -0.2) is 0 Å². The van der Waals surface area contributed by atoms with Crippen molar-refractivity contribution in [1.82, 2.24) is 10.2 Å². The molecule has 1 saturated carbocycles. The van der Waals surface area contributed by atoms with Crippen molar-refractivity contribution in [2.45, 2.75) is 25.3 Å². The molecule has 3 nitrogen and oxygen atoms in total. The Bertz CT molecular complexity index is 224. The predicted molar refractivity (Wildman–Crippen MR) is 48.1 cm³/mol. The molecule has 2 fully saturated rings. The van der Waals surface area contributed by atoms with Crippen LogP contribution in [0.2, 0.25) is 0 Å². The average Bonchev–Trinajstić information content (AvgIpc) is 2.71. The summed E-state index contributed by atoms with van der Waals surface area (Å²) in [5.74, 6) is 2.05. The minimum atomic E-state index is 0.826. The van der Waals surface area contributed by atoms with E-state index in [1.54, 1.807) is 0 Å². The summed E-state index contributed by atoms with van der Waals surface area (Å²) in [5, 5.41) is 3.35. The fraction of sp³-hybridized carbons (Fsp3) is 0.889. The van der Waals surface area contributed by atoms with Crippen LogP contribution in [0.15, 0.2) is 4.99 Å². The maximum Gasteiger partial charge on any atom is 0.194 e. The maximum absolute atomic E-state index is 4.57. The van der Waals surface area contributed by atoms with Gasteiger partial charge in [0.2, 0.25) is 0 Å². The number of hydrogen-bond donors (Lipinski definition) is 1. The molecule has 3 heteroatoms. The molecule has 2 atom stereocenters. The number of aliphatic imine (C=N–C) groups is 1. The number of nitrogens with zero attached hydrogens (tertiary/aromatic N) is 2. The quantitative estimate of drug-likeness (QED) is 0.563. The van der Waals surface area contributed by atoms with Gasteiger partial charge in [0, 0.05) is 25.7 Å². The monoisotopic (exact) mass is 165 g/mol. The topological polar surface area (TPSA) is 27.6 Å². The number of nitrogens with one attached hydrogen (secondary N) is 1. The first kappa shape index (κ1) is 6.75. The van der Waals surface area contributed by atoms with Crippen molar-refractivity contribution in [3.8, 4) is 0 Å². The van der Waals surface area contributed by atoms with E-state index in [1.807, 2.05) is 0 Å². The second-order valence-electron chi connectivity index (χ2n) is 4.04. The molecule has 2 unspecified atom stereocenters. The van der Waals surface area contributed by atoms with Crippen LogP contribution in [0.25, 0.3) is 0 Å². The van der Waals surface area contributed by atoms with Crippen LogP contribution >= 0.6 is 0 Å². The third-order valence-electron chi connectivity index (χ3n) is 3.40. The van der Waals surface area contributed by atoms with E-state index in [1.165, 1.54) is 31.8 Å². The Morgan fingerprint density at radius 2 is 2.42 bits per heavy atom. The van der Waals surface area contributed by atoms with Gasteiger partial charge >= 0.3 is 0 Å². The molecule has 0 bridgehead atoms. The summed E-state index contributed by atoms with van der Waals surface area (Å²) in [6.45, 7) is 3.35. The molecule has 0 aromatic carbocycles. The van der Waals surface area contributed by atoms with Crippen molar-refractivity contribution in [3.05, 3.63) is 0 Å². The van der Waals surface area contributed by atoms with Gasteiger partial charge in [-0.05, 0) is 18.8 Å². The molecule has 2 aliphatic heterocycles. The Morgan fingerprint density at radius 3 is 3.42 bits per heavy atom. The van der Waals surface area contributed by atoms with Gasteiger partial charge in [0.05, 0.1) is 0 Å².